The van der Waals surface area contributed by atoms with Crippen LogP contribution in [0.4, 0.5) is 13.2 Å². The summed E-state index contributed by atoms with van der Waals surface area (Å²) in [5, 5.41) is 5.37. The molecule has 0 saturated carbocycles. The third-order valence-corrected chi connectivity index (χ3v) is 4.22. The summed E-state index contributed by atoms with van der Waals surface area (Å²) in [4.78, 5) is 10.9. The van der Waals surface area contributed by atoms with Crippen molar-refractivity contribution in [3.05, 3.63) is 29.8 Å². The van der Waals surface area contributed by atoms with E-state index < -0.39 is 39.1 Å². The maximum Gasteiger partial charge on any atom is 0.416 e. The standard InChI is InChI=1S/C13H18F3N3O3S/c1-17-6-3-7-18-12(20)9-19-23(21,22)11-5-2-4-10(8-11)13(14,15)16/h2,4-5,8,17,19H,3,6-7,9H2,1H3,(H,18,20). The molecular formula is C13H18F3N3O3S. The molecule has 0 bridgehead atoms. The SMILES string of the molecule is CNCCCNC(=O)CNS(=O)(=O)c1cccc(C(F)(F)F)c1. The first-order chi connectivity index (χ1) is 10.7. The molecular weight excluding hydrogens is 335 g/mol. The van der Waals surface area contributed by atoms with E-state index in [-0.39, 0.29) is 0 Å². The summed E-state index contributed by atoms with van der Waals surface area (Å²) in [5.41, 5.74) is -1.07. The van der Waals surface area contributed by atoms with Gasteiger partial charge < -0.3 is 10.6 Å². The minimum absolute atomic E-state index is 0.366. The lowest BCUT2D eigenvalue weighted by Crippen LogP contribution is -2.37. The maximum absolute atomic E-state index is 12.6. The lowest BCUT2D eigenvalue weighted by molar-refractivity contribution is -0.137. The van der Waals surface area contributed by atoms with Gasteiger partial charge in [-0.25, -0.2) is 13.1 Å². The molecule has 23 heavy (non-hydrogen) atoms. The molecule has 0 spiro atoms. The first-order valence-electron chi connectivity index (χ1n) is 6.75. The molecule has 1 aromatic carbocycles. The number of halogens is 3. The smallest absolute Gasteiger partial charge is 0.355 e. The van der Waals surface area contributed by atoms with Gasteiger partial charge in [-0.15, -0.1) is 0 Å². The number of nitrogens with one attached hydrogen (secondary N) is 3. The van der Waals surface area contributed by atoms with Crippen LogP contribution in [-0.2, 0) is 21.0 Å². The number of sulfonamides is 1. The predicted molar refractivity (Wildman–Crippen MR) is 78.2 cm³/mol. The van der Waals surface area contributed by atoms with Crippen LogP contribution in [0.3, 0.4) is 0 Å². The maximum atomic E-state index is 12.6. The minimum Gasteiger partial charge on any atom is -0.355 e. The molecule has 6 nitrogen and oxygen atoms in total. The average molecular weight is 353 g/mol. The molecule has 0 aliphatic heterocycles. The summed E-state index contributed by atoms with van der Waals surface area (Å²) in [7, 11) is -2.44. The fourth-order valence-corrected chi connectivity index (χ4v) is 2.67. The van der Waals surface area contributed by atoms with Gasteiger partial charge in [-0.2, -0.15) is 13.2 Å². The van der Waals surface area contributed by atoms with Crippen molar-refractivity contribution in [1.29, 1.82) is 0 Å². The highest BCUT2D eigenvalue weighted by Gasteiger charge is 2.31. The van der Waals surface area contributed by atoms with Crippen LogP contribution in [0.2, 0.25) is 0 Å². The van der Waals surface area contributed by atoms with E-state index in [1.165, 1.54) is 0 Å². The number of carbonyl (C=O) groups is 1. The number of hydrogen-bond donors (Lipinski definition) is 3. The highest BCUT2D eigenvalue weighted by molar-refractivity contribution is 7.89. The van der Waals surface area contributed by atoms with Gasteiger partial charge in [0.2, 0.25) is 15.9 Å². The monoisotopic (exact) mass is 353 g/mol. The van der Waals surface area contributed by atoms with Crippen molar-refractivity contribution in [2.24, 2.45) is 0 Å². The second kappa shape index (κ2) is 8.27. The Morgan fingerprint density at radius 3 is 2.52 bits per heavy atom. The fourth-order valence-electron chi connectivity index (χ4n) is 1.64. The fraction of sp³-hybridized carbons (Fsp3) is 0.462. The molecule has 0 heterocycles. The molecule has 1 amide bonds. The molecule has 0 fully saturated rings. The Balaban J connectivity index is 2.64. The Hall–Kier alpha value is -1.65. The normalized spacial score (nSPS) is 12.2. The van der Waals surface area contributed by atoms with Gasteiger partial charge in [0.15, 0.2) is 0 Å². The molecule has 0 aliphatic carbocycles. The summed E-state index contributed by atoms with van der Waals surface area (Å²) < 4.78 is 63.6. The van der Waals surface area contributed by atoms with Crippen molar-refractivity contribution in [3.63, 3.8) is 0 Å². The molecule has 3 N–H and O–H groups in total. The molecule has 1 aromatic rings. The van der Waals surface area contributed by atoms with Crippen LogP contribution < -0.4 is 15.4 Å². The zero-order chi connectivity index (χ0) is 17.5. The lowest BCUT2D eigenvalue weighted by atomic mass is 10.2. The summed E-state index contributed by atoms with van der Waals surface area (Å²) in [6.45, 7) is 0.513. The summed E-state index contributed by atoms with van der Waals surface area (Å²) >= 11 is 0. The van der Waals surface area contributed by atoms with Gasteiger partial charge in [0.05, 0.1) is 17.0 Å². The lowest BCUT2D eigenvalue weighted by Gasteiger charge is -2.10. The molecule has 130 valence electrons. The second-order valence-corrected chi connectivity index (χ2v) is 6.42. The third-order valence-electron chi connectivity index (χ3n) is 2.82. The van der Waals surface area contributed by atoms with Crippen LogP contribution in [-0.4, -0.2) is 41.0 Å². The molecule has 0 aliphatic rings. The van der Waals surface area contributed by atoms with Gasteiger partial charge >= 0.3 is 6.18 Å². The van der Waals surface area contributed by atoms with Crippen molar-refractivity contribution in [2.45, 2.75) is 17.5 Å². The number of hydrogen-bond acceptors (Lipinski definition) is 4. The van der Waals surface area contributed by atoms with Gasteiger partial charge in [-0.05, 0) is 38.2 Å². The quantitative estimate of drug-likeness (QED) is 0.601. The van der Waals surface area contributed by atoms with E-state index >= 15 is 0 Å². The Morgan fingerprint density at radius 1 is 1.22 bits per heavy atom. The Morgan fingerprint density at radius 2 is 1.91 bits per heavy atom. The molecule has 0 aromatic heterocycles. The van der Waals surface area contributed by atoms with Crippen molar-refractivity contribution >= 4 is 15.9 Å². The largest absolute Gasteiger partial charge is 0.416 e. The zero-order valence-electron chi connectivity index (χ0n) is 12.4. The molecule has 0 unspecified atom stereocenters. The molecule has 1 rings (SSSR count). The van der Waals surface area contributed by atoms with Crippen LogP contribution in [0.1, 0.15) is 12.0 Å². The Kier molecular flexibility index (Phi) is 6.98. The van der Waals surface area contributed by atoms with Crippen molar-refractivity contribution < 1.29 is 26.4 Å². The molecule has 0 saturated heterocycles. The van der Waals surface area contributed by atoms with Gasteiger partial charge in [-0.3, -0.25) is 4.79 Å². The van der Waals surface area contributed by atoms with E-state index in [1.54, 1.807) is 7.05 Å². The molecule has 0 radical (unpaired) electrons. The van der Waals surface area contributed by atoms with Crippen LogP contribution in [0.15, 0.2) is 29.2 Å². The number of alkyl halides is 3. The highest BCUT2D eigenvalue weighted by Crippen LogP contribution is 2.30. The molecule has 10 heteroatoms. The summed E-state index contributed by atoms with van der Waals surface area (Å²) in [6.07, 6.45) is -3.97. The van der Waals surface area contributed by atoms with E-state index in [0.717, 1.165) is 18.2 Å². The second-order valence-electron chi connectivity index (χ2n) is 4.66. The third kappa shape index (κ3) is 6.55. The van der Waals surface area contributed by atoms with Crippen molar-refractivity contribution in [1.82, 2.24) is 15.4 Å². The van der Waals surface area contributed by atoms with Gasteiger partial charge in [0.25, 0.3) is 0 Å². The van der Waals surface area contributed by atoms with E-state index in [2.05, 4.69) is 10.6 Å². The zero-order valence-corrected chi connectivity index (χ0v) is 13.2. The molecule has 0 atom stereocenters. The van der Waals surface area contributed by atoms with Crippen LogP contribution in [0.25, 0.3) is 0 Å². The van der Waals surface area contributed by atoms with Crippen molar-refractivity contribution in [3.8, 4) is 0 Å². The summed E-state index contributed by atoms with van der Waals surface area (Å²) in [6, 6.07) is 3.32. The van der Waals surface area contributed by atoms with Gasteiger partial charge in [0.1, 0.15) is 0 Å². The average Bonchev–Trinajstić information content (AvgIpc) is 2.49. The van der Waals surface area contributed by atoms with E-state index in [0.29, 0.717) is 25.6 Å². The van der Waals surface area contributed by atoms with Crippen LogP contribution >= 0.6 is 0 Å². The van der Waals surface area contributed by atoms with Crippen LogP contribution in [0, 0.1) is 0 Å². The first kappa shape index (κ1) is 19.4. The minimum atomic E-state index is -4.64. The van der Waals surface area contributed by atoms with Crippen LogP contribution in [0.5, 0.6) is 0 Å². The number of amides is 1. The topological polar surface area (TPSA) is 87.3 Å². The first-order valence-corrected chi connectivity index (χ1v) is 8.23. The van der Waals surface area contributed by atoms with E-state index in [9.17, 15) is 26.4 Å². The van der Waals surface area contributed by atoms with Gasteiger partial charge in [0, 0.05) is 6.54 Å². The van der Waals surface area contributed by atoms with E-state index in [1.807, 2.05) is 4.72 Å². The van der Waals surface area contributed by atoms with Gasteiger partial charge in [-0.1, -0.05) is 6.07 Å². The van der Waals surface area contributed by atoms with E-state index in [4.69, 9.17) is 0 Å². The Labute approximate surface area is 132 Å². The number of rotatable bonds is 8. The predicted octanol–water partition coefficient (Wildman–Crippen LogP) is 0.709. The highest BCUT2D eigenvalue weighted by atomic mass is 32.2. The number of carbonyl (C=O) groups excluding carboxylic acids is 1. The number of benzene rings is 1. The summed E-state index contributed by atoms with van der Waals surface area (Å²) in [5.74, 6) is -0.559. The Bertz CT molecular complexity index is 633. The van der Waals surface area contributed by atoms with Crippen molar-refractivity contribution in [2.75, 3.05) is 26.7 Å².